The maximum absolute atomic E-state index is 2.55. The lowest BCUT2D eigenvalue weighted by atomic mass is 9.82. The molecule has 71 heavy (non-hydrogen) atoms. The van der Waals surface area contributed by atoms with Crippen molar-refractivity contribution in [3.8, 4) is 11.1 Å². The third-order valence-corrected chi connectivity index (χ3v) is 15.2. The van der Waals surface area contributed by atoms with Crippen LogP contribution in [-0.4, -0.2) is 0 Å². The lowest BCUT2D eigenvalue weighted by Gasteiger charge is -2.28. The second kappa shape index (κ2) is 19.4. The number of nitrogens with zero attached hydrogens (tertiary/aromatic N) is 1. The molecule has 1 atom stereocenters. The van der Waals surface area contributed by atoms with Crippen LogP contribution in [0.25, 0.3) is 76.6 Å². The number of benzene rings is 11. The van der Waals surface area contributed by atoms with E-state index in [1.807, 2.05) is 0 Å². The fraction of sp³-hybridized carbons (Fsp3) is 0.143. The van der Waals surface area contributed by atoms with E-state index < -0.39 is 0 Å². The molecule has 0 saturated carbocycles. The van der Waals surface area contributed by atoms with Crippen LogP contribution in [0, 0.1) is 0 Å². The molecule has 0 spiro atoms. The number of aryl methyl sites for hydroxylation is 1. The molecule has 0 bridgehead atoms. The van der Waals surface area contributed by atoms with E-state index in [2.05, 4.69) is 249 Å². The average molecular weight is 914 g/mol. The normalized spacial score (nSPS) is 13.2. The molecule has 11 aromatic rings. The molecular weight excluding hydrogens is 855 g/mol. The van der Waals surface area contributed by atoms with Gasteiger partial charge in [-0.3, -0.25) is 0 Å². The minimum Gasteiger partial charge on any atom is -0.310 e. The van der Waals surface area contributed by atoms with Crippen molar-refractivity contribution in [3.05, 3.63) is 258 Å². The van der Waals surface area contributed by atoms with Crippen LogP contribution < -0.4 is 4.90 Å². The summed E-state index contributed by atoms with van der Waals surface area (Å²) in [6.45, 7) is 4.55. The lowest BCUT2D eigenvalue weighted by Crippen LogP contribution is -2.11. The van der Waals surface area contributed by atoms with E-state index >= 15 is 0 Å². The molecule has 1 nitrogen and oxygen atoms in total. The van der Waals surface area contributed by atoms with Crippen molar-refractivity contribution in [2.75, 3.05) is 4.90 Å². The Labute approximate surface area is 419 Å². The van der Waals surface area contributed by atoms with E-state index in [-0.39, 0.29) is 5.92 Å². The van der Waals surface area contributed by atoms with Gasteiger partial charge in [0.25, 0.3) is 0 Å². The first kappa shape index (κ1) is 44.2. The molecule has 1 heteroatoms. The summed E-state index contributed by atoms with van der Waals surface area (Å²) < 4.78 is 0. The summed E-state index contributed by atoms with van der Waals surface area (Å²) in [5.41, 5.74) is 15.6. The number of rotatable bonds is 12. The van der Waals surface area contributed by atoms with E-state index in [4.69, 9.17) is 0 Å². The molecule has 0 N–H and O–H groups in total. The highest BCUT2D eigenvalue weighted by atomic mass is 15.1. The standard InChI is InChI=1S/C70H59N/c1-3-17-50(4-2)69-65-38-29-49(42-61(60-32-31-52-20-12-15-26-57(52)44-60)41-48-28-30-51-19-11-14-25-56(51)40-48)43-67(65)70(55-22-8-6-9-23-55)66-39-37-64(47-68(66)69)71(63-36-34-54-21-13-16-27-59(54)46-63)62-35-33-53-18-7-5-10-24-58(53)45-62/h4,6-9,11-16,18-23,25-40,43-47,61H,3,5,10,17,24,41-42H2,1-2H3/b50-4+. The van der Waals surface area contributed by atoms with Crippen LogP contribution >= 0.6 is 0 Å². The highest BCUT2D eigenvalue weighted by Crippen LogP contribution is 2.47. The van der Waals surface area contributed by atoms with Crippen molar-refractivity contribution >= 4 is 82.6 Å². The molecule has 0 heterocycles. The molecule has 11 aromatic carbocycles. The number of hydrogen-bond donors (Lipinski definition) is 0. The Balaban J connectivity index is 1.06. The van der Waals surface area contributed by atoms with Crippen LogP contribution in [0.3, 0.4) is 0 Å². The molecular formula is C70H59N. The van der Waals surface area contributed by atoms with Crippen LogP contribution in [0.2, 0.25) is 0 Å². The molecule has 0 fully saturated rings. The summed E-state index contributed by atoms with van der Waals surface area (Å²) in [7, 11) is 0. The topological polar surface area (TPSA) is 3.24 Å². The zero-order valence-electron chi connectivity index (χ0n) is 40.9. The van der Waals surface area contributed by atoms with E-state index in [0.717, 1.165) is 56.3 Å². The Bertz CT molecular complexity index is 3830. The summed E-state index contributed by atoms with van der Waals surface area (Å²) in [5.74, 6) is 0.275. The minimum absolute atomic E-state index is 0.275. The van der Waals surface area contributed by atoms with Gasteiger partial charge in [-0.05, 0) is 192 Å². The Morgan fingerprint density at radius 1 is 0.507 bits per heavy atom. The molecule has 0 saturated heterocycles. The Hall–Kier alpha value is -8.00. The van der Waals surface area contributed by atoms with Gasteiger partial charge in [0.1, 0.15) is 0 Å². The molecule has 0 aliphatic heterocycles. The van der Waals surface area contributed by atoms with Gasteiger partial charge in [0, 0.05) is 17.1 Å². The van der Waals surface area contributed by atoms with Crippen LogP contribution in [0.15, 0.2) is 224 Å². The summed E-state index contributed by atoms with van der Waals surface area (Å²) in [6.07, 6.45) is 14.3. The van der Waals surface area contributed by atoms with Crippen molar-refractivity contribution in [2.24, 2.45) is 0 Å². The molecule has 0 amide bonds. The SMILES string of the molecule is C/C=C(\CCC)c1c2cc(N(c3ccc4c(c3)CCCC=C4)c3ccc4ccccc4c3)ccc2c(-c2ccccc2)c2cc(CC(Cc3ccc4ccccc4c3)c3ccc4ccccc4c3)ccc12. The molecule has 12 rings (SSSR count). The molecule has 0 aromatic heterocycles. The molecule has 344 valence electrons. The van der Waals surface area contributed by atoms with Crippen LogP contribution in [0.1, 0.15) is 78.8 Å². The highest BCUT2D eigenvalue weighted by molar-refractivity contribution is 6.19. The molecule has 1 unspecified atom stereocenters. The number of fused-ring (bicyclic) bond motifs is 6. The Kier molecular flexibility index (Phi) is 12.1. The van der Waals surface area contributed by atoms with Crippen molar-refractivity contribution in [1.29, 1.82) is 0 Å². The van der Waals surface area contributed by atoms with Crippen molar-refractivity contribution in [3.63, 3.8) is 0 Å². The van der Waals surface area contributed by atoms with E-state index in [1.165, 1.54) is 110 Å². The van der Waals surface area contributed by atoms with Gasteiger partial charge >= 0.3 is 0 Å². The summed E-state index contributed by atoms with van der Waals surface area (Å²) in [6, 6.07) is 80.4. The molecule has 1 aliphatic carbocycles. The quantitative estimate of drug-likeness (QED) is 0.110. The fourth-order valence-corrected chi connectivity index (χ4v) is 11.7. The number of allylic oxidation sites excluding steroid dienone is 3. The van der Waals surface area contributed by atoms with Gasteiger partial charge < -0.3 is 4.90 Å². The van der Waals surface area contributed by atoms with Gasteiger partial charge in [0.15, 0.2) is 0 Å². The lowest BCUT2D eigenvalue weighted by molar-refractivity contribution is 0.682. The smallest absolute Gasteiger partial charge is 0.0468 e. The van der Waals surface area contributed by atoms with Crippen molar-refractivity contribution in [1.82, 2.24) is 0 Å². The van der Waals surface area contributed by atoms with E-state index in [1.54, 1.807) is 0 Å². The average Bonchev–Trinajstić information content (AvgIpc) is 3.67. The first-order valence-corrected chi connectivity index (χ1v) is 25.9. The summed E-state index contributed by atoms with van der Waals surface area (Å²) in [5, 5.41) is 12.8. The Morgan fingerprint density at radius 3 is 1.85 bits per heavy atom. The minimum atomic E-state index is 0.275. The van der Waals surface area contributed by atoms with Gasteiger partial charge in [0.2, 0.25) is 0 Å². The second-order valence-electron chi connectivity index (χ2n) is 19.7. The van der Waals surface area contributed by atoms with Gasteiger partial charge in [-0.15, -0.1) is 0 Å². The zero-order chi connectivity index (χ0) is 47.7. The van der Waals surface area contributed by atoms with Crippen LogP contribution in [0.5, 0.6) is 0 Å². The number of anilines is 3. The predicted octanol–water partition coefficient (Wildman–Crippen LogP) is 19.7. The maximum Gasteiger partial charge on any atom is 0.0468 e. The van der Waals surface area contributed by atoms with Gasteiger partial charge in [-0.2, -0.15) is 0 Å². The van der Waals surface area contributed by atoms with E-state index in [0.29, 0.717) is 0 Å². The third kappa shape index (κ3) is 8.72. The first-order chi connectivity index (χ1) is 35.1. The van der Waals surface area contributed by atoms with E-state index in [9.17, 15) is 0 Å². The molecule has 0 radical (unpaired) electrons. The van der Waals surface area contributed by atoms with Crippen molar-refractivity contribution < 1.29 is 0 Å². The van der Waals surface area contributed by atoms with Gasteiger partial charge in [0.05, 0.1) is 0 Å². The second-order valence-corrected chi connectivity index (χ2v) is 19.7. The largest absolute Gasteiger partial charge is 0.310 e. The van der Waals surface area contributed by atoms with Crippen LogP contribution in [-0.2, 0) is 19.3 Å². The fourth-order valence-electron chi connectivity index (χ4n) is 11.7. The third-order valence-electron chi connectivity index (χ3n) is 15.2. The first-order valence-electron chi connectivity index (χ1n) is 25.9. The predicted molar refractivity (Wildman–Crippen MR) is 308 cm³/mol. The van der Waals surface area contributed by atoms with Crippen LogP contribution in [0.4, 0.5) is 17.1 Å². The highest BCUT2D eigenvalue weighted by Gasteiger charge is 2.23. The van der Waals surface area contributed by atoms with Crippen molar-refractivity contribution in [2.45, 2.75) is 64.7 Å². The Morgan fingerprint density at radius 2 is 1.10 bits per heavy atom. The number of hydrogen-bond acceptors (Lipinski definition) is 1. The monoisotopic (exact) mass is 913 g/mol. The maximum atomic E-state index is 2.55. The summed E-state index contributed by atoms with van der Waals surface area (Å²) >= 11 is 0. The molecule has 1 aliphatic rings. The van der Waals surface area contributed by atoms with Gasteiger partial charge in [-0.1, -0.05) is 207 Å². The zero-order valence-corrected chi connectivity index (χ0v) is 40.9. The summed E-state index contributed by atoms with van der Waals surface area (Å²) in [4.78, 5) is 2.50. The van der Waals surface area contributed by atoms with Gasteiger partial charge in [-0.25, -0.2) is 0 Å².